The van der Waals surface area contributed by atoms with Gasteiger partial charge in [0.05, 0.1) is 11.0 Å². The molecule has 2 aromatic carbocycles. The molecule has 0 bridgehead atoms. The molecular weight excluding hydrogens is 286 g/mol. The summed E-state index contributed by atoms with van der Waals surface area (Å²) < 4.78 is 10.5. The Morgan fingerprint density at radius 1 is 1.09 bits per heavy atom. The van der Waals surface area contributed by atoms with Crippen molar-refractivity contribution in [2.75, 3.05) is 0 Å². The van der Waals surface area contributed by atoms with E-state index in [2.05, 4.69) is 0 Å². The molecule has 0 N–H and O–H groups in total. The van der Waals surface area contributed by atoms with Gasteiger partial charge in [-0.1, -0.05) is 30.3 Å². The Labute approximate surface area is 124 Å². The SMILES string of the molecule is O=c1ccc2cc(OCc3ccccc3)c([N+](=O)[O-])cc2o1. The van der Waals surface area contributed by atoms with Crippen LogP contribution < -0.4 is 10.4 Å². The maximum Gasteiger partial charge on any atom is 0.336 e. The molecule has 1 heterocycles. The number of nitro groups is 1. The normalized spacial score (nSPS) is 10.5. The molecule has 110 valence electrons. The molecule has 3 rings (SSSR count). The first-order valence-electron chi connectivity index (χ1n) is 6.52. The second kappa shape index (κ2) is 5.69. The van der Waals surface area contributed by atoms with Crippen LogP contribution >= 0.6 is 0 Å². The molecule has 3 aromatic rings. The molecule has 22 heavy (non-hydrogen) atoms. The number of hydrogen-bond donors (Lipinski definition) is 0. The van der Waals surface area contributed by atoms with Crippen LogP contribution in [0.5, 0.6) is 5.75 Å². The van der Waals surface area contributed by atoms with Crippen LogP contribution in [0, 0.1) is 10.1 Å². The second-order valence-corrected chi connectivity index (χ2v) is 4.64. The fourth-order valence-electron chi connectivity index (χ4n) is 2.08. The largest absolute Gasteiger partial charge is 0.482 e. The Bertz CT molecular complexity index is 886. The van der Waals surface area contributed by atoms with Crippen molar-refractivity contribution in [2.45, 2.75) is 6.61 Å². The van der Waals surface area contributed by atoms with Gasteiger partial charge in [-0.05, 0) is 17.7 Å². The van der Waals surface area contributed by atoms with Gasteiger partial charge in [0.15, 0.2) is 5.75 Å². The zero-order valence-electron chi connectivity index (χ0n) is 11.4. The summed E-state index contributed by atoms with van der Waals surface area (Å²) in [5.74, 6) is 0.134. The number of fused-ring (bicyclic) bond motifs is 1. The van der Waals surface area contributed by atoms with Crippen LogP contribution in [-0.2, 0) is 6.61 Å². The molecule has 0 aliphatic rings. The molecule has 0 unspecified atom stereocenters. The molecule has 6 heteroatoms. The summed E-state index contributed by atoms with van der Waals surface area (Å²) >= 11 is 0. The van der Waals surface area contributed by atoms with Crippen LogP contribution in [0.2, 0.25) is 0 Å². The third-order valence-electron chi connectivity index (χ3n) is 3.13. The topological polar surface area (TPSA) is 82.6 Å². The number of benzene rings is 2. The maximum atomic E-state index is 11.2. The van der Waals surface area contributed by atoms with E-state index in [4.69, 9.17) is 9.15 Å². The monoisotopic (exact) mass is 297 g/mol. The fourth-order valence-corrected chi connectivity index (χ4v) is 2.08. The highest BCUT2D eigenvalue weighted by atomic mass is 16.6. The number of hydrogen-bond acceptors (Lipinski definition) is 5. The van der Waals surface area contributed by atoms with Crippen LogP contribution in [0.25, 0.3) is 11.0 Å². The summed E-state index contributed by atoms with van der Waals surface area (Å²) in [5.41, 5.74) is 0.264. The summed E-state index contributed by atoms with van der Waals surface area (Å²) in [6.07, 6.45) is 0. The Morgan fingerprint density at radius 3 is 2.59 bits per heavy atom. The molecule has 0 saturated heterocycles. The highest BCUT2D eigenvalue weighted by Crippen LogP contribution is 2.32. The lowest BCUT2D eigenvalue weighted by molar-refractivity contribution is -0.385. The smallest absolute Gasteiger partial charge is 0.336 e. The van der Waals surface area contributed by atoms with Gasteiger partial charge in [-0.15, -0.1) is 0 Å². The van der Waals surface area contributed by atoms with Gasteiger partial charge in [0.1, 0.15) is 12.2 Å². The van der Waals surface area contributed by atoms with E-state index in [0.717, 1.165) is 5.56 Å². The van der Waals surface area contributed by atoms with Crippen molar-refractivity contribution in [1.29, 1.82) is 0 Å². The fraction of sp³-hybridized carbons (Fsp3) is 0.0625. The van der Waals surface area contributed by atoms with Gasteiger partial charge in [-0.25, -0.2) is 4.79 Å². The lowest BCUT2D eigenvalue weighted by Gasteiger charge is -2.07. The Kier molecular flexibility index (Phi) is 3.57. The Morgan fingerprint density at radius 2 is 1.86 bits per heavy atom. The Hall–Kier alpha value is -3.15. The predicted octanol–water partition coefficient (Wildman–Crippen LogP) is 3.28. The van der Waals surface area contributed by atoms with E-state index in [1.54, 1.807) is 6.07 Å². The summed E-state index contributed by atoms with van der Waals surface area (Å²) in [6.45, 7) is 0.212. The Balaban J connectivity index is 2.00. The summed E-state index contributed by atoms with van der Waals surface area (Å²) in [4.78, 5) is 21.8. The summed E-state index contributed by atoms with van der Waals surface area (Å²) in [7, 11) is 0. The van der Waals surface area contributed by atoms with Crippen LogP contribution in [-0.4, -0.2) is 4.92 Å². The molecule has 0 aliphatic heterocycles. The minimum atomic E-state index is -0.563. The first-order valence-corrected chi connectivity index (χ1v) is 6.52. The van der Waals surface area contributed by atoms with Gasteiger partial charge in [-0.2, -0.15) is 0 Å². The van der Waals surface area contributed by atoms with E-state index in [1.165, 1.54) is 18.2 Å². The average molecular weight is 297 g/mol. The molecule has 0 atom stereocenters. The predicted molar refractivity (Wildman–Crippen MR) is 79.9 cm³/mol. The van der Waals surface area contributed by atoms with Gasteiger partial charge < -0.3 is 9.15 Å². The first-order chi connectivity index (χ1) is 10.6. The van der Waals surface area contributed by atoms with Crippen molar-refractivity contribution >= 4 is 16.7 Å². The van der Waals surface area contributed by atoms with E-state index >= 15 is 0 Å². The van der Waals surface area contributed by atoms with Gasteiger partial charge >= 0.3 is 11.3 Å². The molecule has 0 radical (unpaired) electrons. The van der Waals surface area contributed by atoms with Crippen molar-refractivity contribution in [1.82, 2.24) is 0 Å². The maximum absolute atomic E-state index is 11.2. The minimum absolute atomic E-state index is 0.134. The van der Waals surface area contributed by atoms with Gasteiger partial charge in [0.25, 0.3) is 0 Å². The first kappa shape index (κ1) is 13.8. The minimum Gasteiger partial charge on any atom is -0.482 e. The third kappa shape index (κ3) is 2.80. The van der Waals surface area contributed by atoms with E-state index in [-0.39, 0.29) is 23.6 Å². The molecule has 1 aromatic heterocycles. The lowest BCUT2D eigenvalue weighted by atomic mass is 10.2. The lowest BCUT2D eigenvalue weighted by Crippen LogP contribution is -2.00. The van der Waals surface area contributed by atoms with Crippen LogP contribution in [0.4, 0.5) is 5.69 Å². The van der Waals surface area contributed by atoms with Crippen molar-refractivity contribution in [2.24, 2.45) is 0 Å². The molecule has 0 amide bonds. The molecule has 0 spiro atoms. The van der Waals surface area contributed by atoms with Crippen molar-refractivity contribution < 1.29 is 14.1 Å². The second-order valence-electron chi connectivity index (χ2n) is 4.64. The highest BCUT2D eigenvalue weighted by molar-refractivity contribution is 5.82. The van der Waals surface area contributed by atoms with Crippen LogP contribution in [0.15, 0.2) is 63.8 Å². The molecular formula is C16H11NO5. The third-order valence-corrected chi connectivity index (χ3v) is 3.13. The van der Waals surface area contributed by atoms with E-state index in [1.807, 2.05) is 30.3 Å². The number of rotatable bonds is 4. The van der Waals surface area contributed by atoms with Crippen molar-refractivity contribution in [3.63, 3.8) is 0 Å². The quantitative estimate of drug-likeness (QED) is 0.419. The summed E-state index contributed by atoms with van der Waals surface area (Å²) in [5, 5.41) is 11.7. The van der Waals surface area contributed by atoms with Crippen molar-refractivity contribution in [3.05, 3.63) is 80.7 Å². The standard InChI is InChI=1S/C16H11NO5/c18-16-7-6-12-8-15(13(17(19)20)9-14(12)22-16)21-10-11-4-2-1-3-5-11/h1-9H,10H2. The zero-order chi connectivity index (χ0) is 15.5. The highest BCUT2D eigenvalue weighted by Gasteiger charge is 2.18. The average Bonchev–Trinajstić information content (AvgIpc) is 2.53. The van der Waals surface area contributed by atoms with Crippen LogP contribution in [0.3, 0.4) is 0 Å². The number of nitro benzene ring substituents is 1. The number of ether oxygens (including phenoxy) is 1. The van der Waals surface area contributed by atoms with Gasteiger partial charge in [0, 0.05) is 11.5 Å². The van der Waals surface area contributed by atoms with Gasteiger partial charge in [0.2, 0.25) is 0 Å². The number of nitrogens with zero attached hydrogens (tertiary/aromatic N) is 1. The molecule has 0 aliphatic carbocycles. The van der Waals surface area contributed by atoms with Gasteiger partial charge in [-0.3, -0.25) is 10.1 Å². The van der Waals surface area contributed by atoms with E-state index in [0.29, 0.717) is 5.39 Å². The summed E-state index contributed by atoms with van der Waals surface area (Å²) in [6, 6.07) is 14.8. The van der Waals surface area contributed by atoms with E-state index in [9.17, 15) is 14.9 Å². The molecule has 0 fully saturated rings. The van der Waals surface area contributed by atoms with Crippen molar-refractivity contribution in [3.8, 4) is 5.75 Å². The zero-order valence-corrected chi connectivity index (χ0v) is 11.4. The van der Waals surface area contributed by atoms with E-state index < -0.39 is 10.5 Å². The molecule has 6 nitrogen and oxygen atoms in total. The van der Waals surface area contributed by atoms with Crippen LogP contribution in [0.1, 0.15) is 5.56 Å². The molecule has 0 saturated carbocycles.